The quantitative estimate of drug-likeness (QED) is 0.848. The highest BCUT2D eigenvalue weighted by atomic mass is 32.2. The number of hydrogen-bond acceptors (Lipinski definition) is 3. The van der Waals surface area contributed by atoms with E-state index in [1.54, 1.807) is 0 Å². The van der Waals surface area contributed by atoms with Crippen molar-refractivity contribution in [3.8, 4) is 6.07 Å². The molecule has 1 aromatic rings. The summed E-state index contributed by atoms with van der Waals surface area (Å²) in [6.45, 7) is 4.20. The smallest absolute Gasteiger partial charge is 0.101 e. The molecule has 0 aliphatic rings. The fourth-order valence-corrected chi connectivity index (χ4v) is 2.34. The van der Waals surface area contributed by atoms with Crippen LogP contribution in [0, 0.1) is 18.3 Å². The number of anilines is 1. The van der Waals surface area contributed by atoms with Crippen LogP contribution in [0.5, 0.6) is 0 Å². The topological polar surface area (TPSA) is 35.8 Å². The summed E-state index contributed by atoms with van der Waals surface area (Å²) in [7, 11) is 0. The number of nitrogens with zero attached hydrogens (tertiary/aromatic N) is 1. The summed E-state index contributed by atoms with van der Waals surface area (Å²) in [5, 5.41) is 12.5. The van der Waals surface area contributed by atoms with E-state index in [2.05, 4.69) is 24.6 Å². The summed E-state index contributed by atoms with van der Waals surface area (Å²) in [5.41, 5.74) is 2.86. The number of para-hydroxylation sites is 1. The van der Waals surface area contributed by atoms with Gasteiger partial charge in [-0.2, -0.15) is 17.0 Å². The van der Waals surface area contributed by atoms with Crippen molar-refractivity contribution in [1.29, 1.82) is 5.26 Å². The van der Waals surface area contributed by atoms with Crippen LogP contribution in [0.25, 0.3) is 0 Å². The molecule has 16 heavy (non-hydrogen) atoms. The van der Waals surface area contributed by atoms with Gasteiger partial charge in [0.2, 0.25) is 0 Å². The lowest BCUT2D eigenvalue weighted by molar-refractivity contribution is 0.773. The zero-order valence-corrected chi connectivity index (χ0v) is 10.9. The fraction of sp³-hybridized carbons (Fsp3) is 0.462. The minimum absolute atomic E-state index is 0.434. The van der Waals surface area contributed by atoms with Crippen LogP contribution in [0.1, 0.15) is 24.5 Å². The molecule has 0 heterocycles. The van der Waals surface area contributed by atoms with E-state index in [0.29, 0.717) is 6.04 Å². The van der Waals surface area contributed by atoms with Gasteiger partial charge in [-0.25, -0.2) is 0 Å². The van der Waals surface area contributed by atoms with Crippen LogP contribution in [0.3, 0.4) is 0 Å². The third-order valence-electron chi connectivity index (χ3n) is 2.60. The van der Waals surface area contributed by atoms with Crippen LogP contribution in [-0.2, 0) is 0 Å². The Morgan fingerprint density at radius 3 is 2.81 bits per heavy atom. The maximum atomic E-state index is 9.06. The minimum Gasteiger partial charge on any atom is -0.380 e. The monoisotopic (exact) mass is 234 g/mol. The SMILES string of the molecule is CCC(CSC)Nc1c(C)cccc1C#N. The van der Waals surface area contributed by atoms with Gasteiger partial charge in [-0.05, 0) is 31.2 Å². The standard InChI is InChI=1S/C13H18N2S/c1-4-12(9-16-3)15-13-10(2)6-5-7-11(13)8-14/h5-7,12,15H,4,9H2,1-3H3. The molecule has 0 saturated heterocycles. The van der Waals surface area contributed by atoms with E-state index in [1.165, 1.54) is 0 Å². The first-order chi connectivity index (χ1) is 7.72. The van der Waals surface area contributed by atoms with Gasteiger partial charge in [-0.15, -0.1) is 0 Å². The summed E-state index contributed by atoms with van der Waals surface area (Å²) < 4.78 is 0. The molecule has 1 unspecified atom stereocenters. The second kappa shape index (κ2) is 6.44. The molecule has 0 aromatic heterocycles. The normalized spacial score (nSPS) is 11.9. The summed E-state index contributed by atoms with van der Waals surface area (Å²) >= 11 is 1.83. The average molecular weight is 234 g/mol. The summed E-state index contributed by atoms with van der Waals surface area (Å²) in [6.07, 6.45) is 3.17. The van der Waals surface area contributed by atoms with Crippen molar-refractivity contribution < 1.29 is 0 Å². The average Bonchev–Trinajstić information content (AvgIpc) is 2.30. The summed E-state index contributed by atoms with van der Waals surface area (Å²) in [4.78, 5) is 0. The zero-order chi connectivity index (χ0) is 12.0. The first kappa shape index (κ1) is 12.9. The number of nitriles is 1. The molecule has 0 radical (unpaired) electrons. The van der Waals surface area contributed by atoms with Crippen LogP contribution in [0.2, 0.25) is 0 Å². The molecule has 1 atom stereocenters. The van der Waals surface area contributed by atoms with Gasteiger partial charge in [-0.1, -0.05) is 19.1 Å². The van der Waals surface area contributed by atoms with Gasteiger partial charge in [0, 0.05) is 11.8 Å². The van der Waals surface area contributed by atoms with Gasteiger partial charge in [0.15, 0.2) is 0 Å². The number of nitrogens with one attached hydrogen (secondary N) is 1. The predicted molar refractivity (Wildman–Crippen MR) is 72.0 cm³/mol. The molecular formula is C13H18N2S. The molecule has 0 spiro atoms. The molecule has 0 fully saturated rings. The van der Waals surface area contributed by atoms with Gasteiger partial charge in [0.1, 0.15) is 6.07 Å². The van der Waals surface area contributed by atoms with Crippen LogP contribution in [-0.4, -0.2) is 18.1 Å². The Balaban J connectivity index is 2.91. The first-order valence-corrected chi connectivity index (χ1v) is 6.87. The lowest BCUT2D eigenvalue weighted by Crippen LogP contribution is -2.22. The summed E-state index contributed by atoms with van der Waals surface area (Å²) in [6, 6.07) is 8.50. The van der Waals surface area contributed by atoms with E-state index in [0.717, 1.165) is 29.0 Å². The number of aryl methyl sites for hydroxylation is 1. The molecule has 2 nitrogen and oxygen atoms in total. The van der Waals surface area contributed by atoms with E-state index in [-0.39, 0.29) is 0 Å². The molecule has 1 aromatic carbocycles. The number of thioether (sulfide) groups is 1. The molecule has 3 heteroatoms. The highest BCUT2D eigenvalue weighted by Crippen LogP contribution is 2.21. The van der Waals surface area contributed by atoms with Crippen molar-refractivity contribution in [3.63, 3.8) is 0 Å². The van der Waals surface area contributed by atoms with Crippen LogP contribution >= 0.6 is 11.8 Å². The van der Waals surface area contributed by atoms with Gasteiger partial charge < -0.3 is 5.32 Å². The third kappa shape index (κ3) is 3.18. The van der Waals surface area contributed by atoms with Gasteiger partial charge >= 0.3 is 0 Å². The van der Waals surface area contributed by atoms with Gasteiger partial charge in [-0.3, -0.25) is 0 Å². The van der Waals surface area contributed by atoms with Crippen LogP contribution in [0.15, 0.2) is 18.2 Å². The Morgan fingerprint density at radius 1 is 1.50 bits per heavy atom. The molecule has 0 aliphatic heterocycles. The zero-order valence-electron chi connectivity index (χ0n) is 10.1. The maximum Gasteiger partial charge on any atom is 0.101 e. The Morgan fingerprint density at radius 2 is 2.25 bits per heavy atom. The highest BCUT2D eigenvalue weighted by molar-refractivity contribution is 7.98. The second-order valence-corrected chi connectivity index (χ2v) is 4.72. The molecule has 0 amide bonds. The van der Waals surface area contributed by atoms with Gasteiger partial charge in [0.25, 0.3) is 0 Å². The molecule has 0 saturated carbocycles. The predicted octanol–water partition coefficient (Wildman–Crippen LogP) is 3.42. The van der Waals surface area contributed by atoms with E-state index in [9.17, 15) is 0 Å². The third-order valence-corrected chi connectivity index (χ3v) is 3.34. The van der Waals surface area contributed by atoms with Crippen LogP contribution in [0.4, 0.5) is 5.69 Å². The number of hydrogen-bond donors (Lipinski definition) is 1. The lowest BCUT2D eigenvalue weighted by atomic mass is 10.1. The van der Waals surface area contributed by atoms with Crippen molar-refractivity contribution in [3.05, 3.63) is 29.3 Å². The fourth-order valence-electron chi connectivity index (χ4n) is 1.62. The van der Waals surface area contributed by atoms with E-state index in [1.807, 2.05) is 36.9 Å². The second-order valence-electron chi connectivity index (χ2n) is 3.81. The Bertz CT molecular complexity index is 382. The Kier molecular flexibility index (Phi) is 5.21. The van der Waals surface area contributed by atoms with Crippen LogP contribution < -0.4 is 5.32 Å². The highest BCUT2D eigenvalue weighted by Gasteiger charge is 2.10. The minimum atomic E-state index is 0.434. The van der Waals surface area contributed by atoms with E-state index in [4.69, 9.17) is 5.26 Å². The Labute approximate surface area is 102 Å². The van der Waals surface area contributed by atoms with Crippen molar-refractivity contribution in [2.24, 2.45) is 0 Å². The Hall–Kier alpha value is -1.14. The number of rotatable bonds is 5. The molecule has 86 valence electrons. The van der Waals surface area contributed by atoms with Crippen molar-refractivity contribution in [1.82, 2.24) is 0 Å². The van der Waals surface area contributed by atoms with Crippen molar-refractivity contribution >= 4 is 17.4 Å². The first-order valence-electron chi connectivity index (χ1n) is 5.48. The molecule has 1 N–H and O–H groups in total. The maximum absolute atomic E-state index is 9.06. The van der Waals surface area contributed by atoms with Crippen molar-refractivity contribution in [2.75, 3.05) is 17.3 Å². The molecule has 1 rings (SSSR count). The van der Waals surface area contributed by atoms with E-state index < -0.39 is 0 Å². The molecule has 0 bridgehead atoms. The summed E-state index contributed by atoms with van der Waals surface area (Å²) in [5.74, 6) is 1.07. The molecule has 0 aliphatic carbocycles. The van der Waals surface area contributed by atoms with Gasteiger partial charge in [0.05, 0.1) is 11.3 Å². The lowest BCUT2D eigenvalue weighted by Gasteiger charge is -2.19. The largest absolute Gasteiger partial charge is 0.380 e. The van der Waals surface area contributed by atoms with E-state index >= 15 is 0 Å². The molecular weight excluding hydrogens is 216 g/mol. The van der Waals surface area contributed by atoms with Crippen molar-refractivity contribution in [2.45, 2.75) is 26.3 Å². The number of benzene rings is 1.